The lowest BCUT2D eigenvalue weighted by Gasteiger charge is -2.14. The van der Waals surface area contributed by atoms with Crippen LogP contribution in [0.1, 0.15) is 10.4 Å². The summed E-state index contributed by atoms with van der Waals surface area (Å²) in [6.45, 7) is 0. The minimum absolute atomic E-state index is 0.107. The maximum atomic E-state index is 11.5. The van der Waals surface area contributed by atoms with Gasteiger partial charge in [0.25, 0.3) is 0 Å². The number of nitrogens with zero attached hydrogens (tertiary/aromatic N) is 1. The van der Waals surface area contributed by atoms with Crippen molar-refractivity contribution in [3.63, 3.8) is 0 Å². The van der Waals surface area contributed by atoms with Crippen LogP contribution >= 0.6 is 0 Å². The van der Waals surface area contributed by atoms with Gasteiger partial charge in [-0.15, -0.1) is 0 Å². The molecule has 1 rings (SSSR count). The molecule has 0 unspecified atom stereocenters. The molecular formula is C9H12N2O5S. The lowest BCUT2D eigenvalue weighted by molar-refractivity contribution is 0.0697. The molecule has 0 spiro atoms. The predicted molar refractivity (Wildman–Crippen MR) is 61.3 cm³/mol. The molecule has 0 heterocycles. The van der Waals surface area contributed by atoms with Crippen molar-refractivity contribution in [1.82, 2.24) is 4.31 Å². The highest BCUT2D eigenvalue weighted by atomic mass is 32.2. The van der Waals surface area contributed by atoms with Crippen LogP contribution in [-0.2, 0) is 10.2 Å². The van der Waals surface area contributed by atoms with Crippen LogP contribution in [0.25, 0.3) is 0 Å². The number of phenols is 1. The molecule has 3 N–H and O–H groups in total. The third-order valence-electron chi connectivity index (χ3n) is 1.95. The molecule has 7 nitrogen and oxygen atoms in total. The molecule has 0 atom stereocenters. The number of carbonyl (C=O) groups is 1. The first-order chi connectivity index (χ1) is 7.74. The Morgan fingerprint density at radius 3 is 2.41 bits per heavy atom. The van der Waals surface area contributed by atoms with E-state index in [1.807, 2.05) is 0 Å². The number of benzene rings is 1. The molecule has 0 aromatic heterocycles. The van der Waals surface area contributed by atoms with Gasteiger partial charge in [0.1, 0.15) is 5.75 Å². The van der Waals surface area contributed by atoms with Crippen LogP contribution in [0.3, 0.4) is 0 Å². The van der Waals surface area contributed by atoms with Crippen LogP contribution in [0, 0.1) is 0 Å². The largest absolute Gasteiger partial charge is 0.508 e. The zero-order chi connectivity index (χ0) is 13.2. The Balaban J connectivity index is 3.20. The summed E-state index contributed by atoms with van der Waals surface area (Å²) in [4.78, 5) is 10.9. The zero-order valence-electron chi connectivity index (χ0n) is 9.21. The number of nitrogens with one attached hydrogen (secondary N) is 1. The summed E-state index contributed by atoms with van der Waals surface area (Å²) in [5, 5.41) is 18.0. The van der Waals surface area contributed by atoms with Gasteiger partial charge >= 0.3 is 16.2 Å². The third-order valence-corrected chi connectivity index (χ3v) is 3.39. The summed E-state index contributed by atoms with van der Waals surface area (Å²) in [5.74, 6) is -1.59. The molecule has 0 radical (unpaired) electrons. The molecule has 1 aromatic rings. The molecule has 17 heavy (non-hydrogen) atoms. The van der Waals surface area contributed by atoms with Crippen LogP contribution < -0.4 is 4.72 Å². The minimum Gasteiger partial charge on any atom is -0.508 e. The van der Waals surface area contributed by atoms with Gasteiger partial charge in [-0.05, 0) is 18.2 Å². The number of anilines is 1. The molecule has 94 valence electrons. The highest BCUT2D eigenvalue weighted by Crippen LogP contribution is 2.22. The van der Waals surface area contributed by atoms with Crippen molar-refractivity contribution in [2.75, 3.05) is 18.8 Å². The Kier molecular flexibility index (Phi) is 3.59. The Hall–Kier alpha value is -1.80. The number of aromatic carboxylic acids is 1. The topological polar surface area (TPSA) is 107 Å². The highest BCUT2D eigenvalue weighted by Gasteiger charge is 2.18. The van der Waals surface area contributed by atoms with Crippen LogP contribution in [-0.4, -0.2) is 43.0 Å². The van der Waals surface area contributed by atoms with Gasteiger partial charge in [0.05, 0.1) is 11.3 Å². The van der Waals surface area contributed by atoms with E-state index in [0.29, 0.717) is 0 Å². The summed E-state index contributed by atoms with van der Waals surface area (Å²) in [5.41, 5.74) is -0.431. The van der Waals surface area contributed by atoms with E-state index in [1.54, 1.807) is 0 Å². The van der Waals surface area contributed by atoms with Gasteiger partial charge in [0.2, 0.25) is 0 Å². The number of hydrogen-bond acceptors (Lipinski definition) is 4. The van der Waals surface area contributed by atoms with E-state index in [1.165, 1.54) is 26.2 Å². The number of phenolic OH excluding ortho intramolecular Hbond substituents is 1. The van der Waals surface area contributed by atoms with Gasteiger partial charge in [-0.25, -0.2) is 4.79 Å². The number of aromatic hydroxyl groups is 1. The monoisotopic (exact) mass is 260 g/mol. The van der Waals surface area contributed by atoms with Gasteiger partial charge in [0.15, 0.2) is 0 Å². The van der Waals surface area contributed by atoms with E-state index >= 15 is 0 Å². The van der Waals surface area contributed by atoms with Crippen molar-refractivity contribution in [3.05, 3.63) is 23.8 Å². The van der Waals surface area contributed by atoms with Crippen molar-refractivity contribution in [3.8, 4) is 5.75 Å². The van der Waals surface area contributed by atoms with E-state index in [0.717, 1.165) is 10.4 Å². The second-order valence-electron chi connectivity index (χ2n) is 3.42. The first-order valence-corrected chi connectivity index (χ1v) is 5.94. The fourth-order valence-electron chi connectivity index (χ4n) is 1.03. The molecule has 0 saturated heterocycles. The molecule has 0 aliphatic rings. The standard InChI is InChI=1S/C9H12N2O5S/c1-11(2)17(15,16)10-8-4-3-6(12)5-7(8)9(13)14/h3-5,10,12H,1-2H3,(H,13,14). The second-order valence-corrected chi connectivity index (χ2v) is 5.31. The maximum absolute atomic E-state index is 11.5. The first kappa shape index (κ1) is 13.3. The quantitative estimate of drug-likeness (QED) is 0.675. The predicted octanol–water partition coefficient (Wildman–Crippen LogP) is 0.309. The van der Waals surface area contributed by atoms with E-state index < -0.39 is 16.2 Å². The molecule has 1 aromatic carbocycles. The molecule has 0 amide bonds. The normalized spacial score (nSPS) is 11.5. The van der Waals surface area contributed by atoms with Crippen molar-refractivity contribution < 1.29 is 23.4 Å². The summed E-state index contributed by atoms with van der Waals surface area (Å²) in [6, 6.07) is 3.34. The first-order valence-electron chi connectivity index (χ1n) is 4.50. The van der Waals surface area contributed by atoms with E-state index in [-0.39, 0.29) is 17.0 Å². The van der Waals surface area contributed by atoms with Crippen LogP contribution in [0.5, 0.6) is 5.75 Å². The van der Waals surface area contributed by atoms with Gasteiger partial charge in [0, 0.05) is 14.1 Å². The number of carboxylic acid groups (broad SMARTS) is 1. The van der Waals surface area contributed by atoms with Crippen LogP contribution in [0.15, 0.2) is 18.2 Å². The SMILES string of the molecule is CN(C)S(=O)(=O)Nc1ccc(O)cc1C(=O)O. The minimum atomic E-state index is -3.78. The Bertz CT molecular complexity index is 538. The summed E-state index contributed by atoms with van der Waals surface area (Å²) in [7, 11) is -1.16. The number of carboxylic acids is 1. The molecule has 0 bridgehead atoms. The van der Waals surface area contributed by atoms with Gasteiger partial charge in [-0.3, -0.25) is 4.72 Å². The molecule has 0 saturated carbocycles. The Morgan fingerprint density at radius 2 is 1.94 bits per heavy atom. The van der Waals surface area contributed by atoms with Crippen molar-refractivity contribution in [1.29, 1.82) is 0 Å². The highest BCUT2D eigenvalue weighted by molar-refractivity contribution is 7.90. The van der Waals surface area contributed by atoms with Gasteiger partial charge < -0.3 is 10.2 Å². The molecule has 0 aliphatic carbocycles. The molecule has 0 fully saturated rings. The van der Waals surface area contributed by atoms with E-state index in [2.05, 4.69) is 4.72 Å². The summed E-state index contributed by atoms with van der Waals surface area (Å²) < 4.78 is 26.0. The molecular weight excluding hydrogens is 248 g/mol. The van der Waals surface area contributed by atoms with Crippen molar-refractivity contribution in [2.45, 2.75) is 0 Å². The number of rotatable bonds is 4. The average Bonchev–Trinajstić information content (AvgIpc) is 2.19. The third kappa shape index (κ3) is 3.08. The fourth-order valence-corrected chi connectivity index (χ4v) is 1.67. The van der Waals surface area contributed by atoms with Crippen LogP contribution in [0.2, 0.25) is 0 Å². The van der Waals surface area contributed by atoms with Crippen molar-refractivity contribution >= 4 is 21.9 Å². The number of hydrogen-bond donors (Lipinski definition) is 3. The Labute approximate surface area is 98.5 Å². The Morgan fingerprint density at radius 1 is 1.35 bits per heavy atom. The lowest BCUT2D eigenvalue weighted by atomic mass is 10.2. The smallest absolute Gasteiger partial charge is 0.337 e. The van der Waals surface area contributed by atoms with E-state index in [4.69, 9.17) is 10.2 Å². The average molecular weight is 260 g/mol. The molecule has 8 heteroatoms. The zero-order valence-corrected chi connectivity index (χ0v) is 10.0. The molecule has 0 aliphatic heterocycles. The van der Waals surface area contributed by atoms with Gasteiger partial charge in [-0.2, -0.15) is 12.7 Å². The lowest BCUT2D eigenvalue weighted by Crippen LogP contribution is -2.29. The second kappa shape index (κ2) is 4.60. The van der Waals surface area contributed by atoms with E-state index in [9.17, 15) is 13.2 Å². The fraction of sp³-hybridized carbons (Fsp3) is 0.222. The summed E-state index contributed by atoms with van der Waals surface area (Å²) in [6.07, 6.45) is 0. The van der Waals surface area contributed by atoms with Gasteiger partial charge in [-0.1, -0.05) is 0 Å². The van der Waals surface area contributed by atoms with Crippen LogP contribution in [0.4, 0.5) is 5.69 Å². The summed E-state index contributed by atoms with van der Waals surface area (Å²) >= 11 is 0. The van der Waals surface area contributed by atoms with Crippen molar-refractivity contribution in [2.24, 2.45) is 0 Å². The maximum Gasteiger partial charge on any atom is 0.337 e.